The minimum atomic E-state index is -0.287. The molecule has 2 amide bonds. The van der Waals surface area contributed by atoms with Crippen molar-refractivity contribution in [3.63, 3.8) is 0 Å². The molecule has 0 aliphatic heterocycles. The Morgan fingerprint density at radius 3 is 2.04 bits per heavy atom. The van der Waals surface area contributed by atoms with Crippen LogP contribution in [0.5, 0.6) is 0 Å². The zero-order valence-electron chi connectivity index (χ0n) is 13.3. The zero-order chi connectivity index (χ0) is 16.4. The van der Waals surface area contributed by atoms with Crippen LogP contribution < -0.4 is 10.6 Å². The fraction of sp³-hybridized carbons (Fsp3) is 0.167. The molecule has 2 aromatic carbocycles. The second-order valence-corrected chi connectivity index (χ2v) is 5.54. The molecule has 0 aliphatic carbocycles. The summed E-state index contributed by atoms with van der Waals surface area (Å²) >= 11 is 0. The van der Waals surface area contributed by atoms with Crippen molar-refractivity contribution in [1.82, 2.24) is 9.97 Å². The summed E-state index contributed by atoms with van der Waals surface area (Å²) in [6.45, 7) is 5.86. The van der Waals surface area contributed by atoms with Crippen LogP contribution in [0.4, 0.5) is 16.2 Å². The van der Waals surface area contributed by atoms with Crippen molar-refractivity contribution in [2.24, 2.45) is 0 Å². The first-order valence-corrected chi connectivity index (χ1v) is 7.41. The highest BCUT2D eigenvalue weighted by atomic mass is 16.2. The average Bonchev–Trinajstić information content (AvgIpc) is 2.51. The van der Waals surface area contributed by atoms with E-state index in [1.807, 2.05) is 63.2 Å². The number of urea groups is 1. The fourth-order valence-electron chi connectivity index (χ4n) is 2.24. The number of benzene rings is 2. The Hall–Kier alpha value is -2.95. The van der Waals surface area contributed by atoms with E-state index in [1.165, 1.54) is 0 Å². The van der Waals surface area contributed by atoms with Gasteiger partial charge in [0.15, 0.2) is 0 Å². The van der Waals surface area contributed by atoms with E-state index < -0.39 is 0 Å². The van der Waals surface area contributed by atoms with Gasteiger partial charge in [-0.05, 0) is 51.1 Å². The van der Waals surface area contributed by atoms with E-state index in [-0.39, 0.29) is 6.03 Å². The molecule has 0 bridgehead atoms. The van der Waals surface area contributed by atoms with Crippen molar-refractivity contribution >= 4 is 28.4 Å². The Balaban J connectivity index is 1.76. The molecule has 1 heterocycles. The molecule has 1 aromatic heterocycles. The first-order chi connectivity index (χ1) is 11.0. The third-order valence-corrected chi connectivity index (χ3v) is 3.64. The molecule has 0 saturated carbocycles. The number of rotatable bonds is 2. The fourth-order valence-corrected chi connectivity index (χ4v) is 2.24. The first-order valence-electron chi connectivity index (χ1n) is 7.41. The van der Waals surface area contributed by atoms with Crippen LogP contribution in [-0.4, -0.2) is 16.0 Å². The van der Waals surface area contributed by atoms with E-state index >= 15 is 0 Å². The Labute approximate surface area is 134 Å². The summed E-state index contributed by atoms with van der Waals surface area (Å²) in [6, 6.07) is 12.9. The van der Waals surface area contributed by atoms with Gasteiger partial charge in [-0.2, -0.15) is 0 Å². The third-order valence-electron chi connectivity index (χ3n) is 3.64. The lowest BCUT2D eigenvalue weighted by atomic mass is 10.2. The van der Waals surface area contributed by atoms with Crippen LogP contribution in [-0.2, 0) is 0 Å². The molecule has 5 heteroatoms. The summed E-state index contributed by atoms with van der Waals surface area (Å²) < 4.78 is 0. The maximum Gasteiger partial charge on any atom is 0.323 e. The van der Waals surface area contributed by atoms with Gasteiger partial charge in [-0.25, -0.2) is 14.8 Å². The topological polar surface area (TPSA) is 66.9 Å². The van der Waals surface area contributed by atoms with Crippen molar-refractivity contribution in [1.29, 1.82) is 0 Å². The summed E-state index contributed by atoms with van der Waals surface area (Å²) in [6.07, 6.45) is 0. The van der Waals surface area contributed by atoms with E-state index in [0.29, 0.717) is 5.69 Å². The number of fused-ring (bicyclic) bond motifs is 1. The highest BCUT2D eigenvalue weighted by Crippen LogP contribution is 2.18. The van der Waals surface area contributed by atoms with Gasteiger partial charge in [-0.15, -0.1) is 0 Å². The summed E-state index contributed by atoms with van der Waals surface area (Å²) in [5.74, 6) is 0. The summed E-state index contributed by atoms with van der Waals surface area (Å²) in [5, 5.41) is 5.61. The first kappa shape index (κ1) is 15.0. The molecule has 0 fully saturated rings. The predicted molar refractivity (Wildman–Crippen MR) is 92.8 cm³/mol. The Kier molecular flexibility index (Phi) is 3.93. The van der Waals surface area contributed by atoms with Crippen molar-refractivity contribution in [2.75, 3.05) is 10.6 Å². The van der Waals surface area contributed by atoms with Gasteiger partial charge in [0.05, 0.1) is 22.4 Å². The third kappa shape index (κ3) is 3.45. The molecule has 0 unspecified atom stereocenters. The lowest BCUT2D eigenvalue weighted by Crippen LogP contribution is -2.19. The Morgan fingerprint density at radius 1 is 0.783 bits per heavy atom. The number of hydrogen-bond acceptors (Lipinski definition) is 3. The van der Waals surface area contributed by atoms with Crippen LogP contribution in [0.1, 0.15) is 17.0 Å². The minimum Gasteiger partial charge on any atom is -0.308 e. The largest absolute Gasteiger partial charge is 0.323 e. The van der Waals surface area contributed by atoms with E-state index in [4.69, 9.17) is 0 Å². The van der Waals surface area contributed by atoms with Gasteiger partial charge in [0.1, 0.15) is 0 Å². The molecule has 2 N–H and O–H groups in total. The van der Waals surface area contributed by atoms with Crippen molar-refractivity contribution in [3.8, 4) is 0 Å². The number of carbonyl (C=O) groups excluding carboxylic acids is 1. The van der Waals surface area contributed by atoms with Crippen molar-refractivity contribution in [2.45, 2.75) is 20.8 Å². The molecule has 0 saturated heterocycles. The van der Waals surface area contributed by atoms with Crippen LogP contribution in [0.3, 0.4) is 0 Å². The highest BCUT2D eigenvalue weighted by Gasteiger charge is 2.06. The van der Waals surface area contributed by atoms with Crippen LogP contribution in [0.15, 0.2) is 42.5 Å². The number of nitrogens with zero attached hydrogens (tertiary/aromatic N) is 2. The summed E-state index contributed by atoms with van der Waals surface area (Å²) in [7, 11) is 0. The molecule has 0 atom stereocenters. The number of aryl methyl sites for hydroxylation is 3. The van der Waals surface area contributed by atoms with Gasteiger partial charge >= 0.3 is 6.03 Å². The number of nitrogens with one attached hydrogen (secondary N) is 2. The van der Waals surface area contributed by atoms with Gasteiger partial charge in [0.2, 0.25) is 0 Å². The zero-order valence-corrected chi connectivity index (χ0v) is 13.3. The van der Waals surface area contributed by atoms with E-state index in [9.17, 15) is 4.79 Å². The van der Waals surface area contributed by atoms with E-state index in [1.54, 1.807) is 0 Å². The molecule has 23 heavy (non-hydrogen) atoms. The molecule has 5 nitrogen and oxygen atoms in total. The Bertz CT molecular complexity index is 872. The second-order valence-electron chi connectivity index (χ2n) is 5.54. The summed E-state index contributed by atoms with van der Waals surface area (Å²) in [5.41, 5.74) is 5.96. The van der Waals surface area contributed by atoms with Gasteiger partial charge in [0, 0.05) is 11.4 Å². The average molecular weight is 306 g/mol. The number of carbonyl (C=O) groups is 1. The standard InChI is InChI=1S/C18H18N4O/c1-11-4-6-14(7-5-11)21-18(23)22-15-8-9-16-17(10-15)20-13(3)12(2)19-16/h4-10H,1-3H3,(H2,21,22,23). The highest BCUT2D eigenvalue weighted by molar-refractivity contribution is 6.00. The molecular formula is C18H18N4O. The number of hydrogen-bond donors (Lipinski definition) is 2. The van der Waals surface area contributed by atoms with Crippen LogP contribution in [0.2, 0.25) is 0 Å². The van der Waals surface area contributed by atoms with Crippen LogP contribution >= 0.6 is 0 Å². The number of anilines is 2. The monoisotopic (exact) mass is 306 g/mol. The molecule has 3 aromatic rings. The van der Waals surface area contributed by atoms with Gasteiger partial charge in [0.25, 0.3) is 0 Å². The van der Waals surface area contributed by atoms with E-state index in [2.05, 4.69) is 20.6 Å². The molecule has 0 spiro atoms. The SMILES string of the molecule is Cc1ccc(NC(=O)Nc2ccc3nc(C)c(C)nc3c2)cc1. The molecule has 116 valence electrons. The van der Waals surface area contributed by atoms with Crippen molar-refractivity contribution in [3.05, 3.63) is 59.4 Å². The lowest BCUT2D eigenvalue weighted by Gasteiger charge is -2.09. The minimum absolute atomic E-state index is 0.287. The van der Waals surface area contributed by atoms with Crippen molar-refractivity contribution < 1.29 is 4.79 Å². The number of amides is 2. The molecule has 0 radical (unpaired) electrons. The normalized spacial score (nSPS) is 10.6. The van der Waals surface area contributed by atoms with Crippen LogP contribution in [0.25, 0.3) is 11.0 Å². The smallest absolute Gasteiger partial charge is 0.308 e. The molecular weight excluding hydrogens is 288 g/mol. The predicted octanol–water partition coefficient (Wildman–Crippen LogP) is 4.20. The van der Waals surface area contributed by atoms with Gasteiger partial charge in [-0.3, -0.25) is 0 Å². The maximum atomic E-state index is 12.1. The molecule has 3 rings (SSSR count). The van der Waals surface area contributed by atoms with Gasteiger partial charge in [-0.1, -0.05) is 17.7 Å². The maximum absolute atomic E-state index is 12.1. The van der Waals surface area contributed by atoms with Gasteiger partial charge < -0.3 is 10.6 Å². The van der Waals surface area contributed by atoms with Crippen LogP contribution in [0, 0.1) is 20.8 Å². The second kappa shape index (κ2) is 6.04. The quantitative estimate of drug-likeness (QED) is 0.745. The van der Waals surface area contributed by atoms with E-state index in [0.717, 1.165) is 33.7 Å². The lowest BCUT2D eigenvalue weighted by molar-refractivity contribution is 0.262. The molecule has 0 aliphatic rings. The number of aromatic nitrogens is 2. The Morgan fingerprint density at radius 2 is 1.35 bits per heavy atom. The summed E-state index contributed by atoms with van der Waals surface area (Å²) in [4.78, 5) is 21.0.